The van der Waals surface area contributed by atoms with E-state index >= 15 is 0 Å². The zero-order chi connectivity index (χ0) is 15.4. The number of aromatic nitrogens is 2. The molecule has 0 fully saturated rings. The second-order valence-electron chi connectivity index (χ2n) is 4.57. The minimum atomic E-state index is -1.04. The van der Waals surface area contributed by atoms with Crippen molar-refractivity contribution < 1.29 is 14.7 Å². The van der Waals surface area contributed by atoms with Gasteiger partial charge in [0.2, 0.25) is 0 Å². The lowest BCUT2D eigenvalue weighted by Crippen LogP contribution is -2.14. The molecule has 0 radical (unpaired) electrons. The number of hydrogen-bond donors (Lipinski definition) is 3. The Labute approximate surface area is 121 Å². The van der Waals surface area contributed by atoms with E-state index in [-0.39, 0.29) is 11.3 Å². The highest BCUT2D eigenvalue weighted by Gasteiger charge is 2.12. The van der Waals surface area contributed by atoms with Crippen molar-refractivity contribution in [3.8, 4) is 0 Å². The highest BCUT2D eigenvalue weighted by molar-refractivity contribution is 6.03. The Hall–Kier alpha value is -2.67. The van der Waals surface area contributed by atoms with Crippen LogP contribution in [0, 0.1) is 6.92 Å². The van der Waals surface area contributed by atoms with Crippen LogP contribution in [0.15, 0.2) is 30.7 Å². The van der Waals surface area contributed by atoms with Gasteiger partial charge >= 0.3 is 5.97 Å². The van der Waals surface area contributed by atoms with Crippen molar-refractivity contribution in [2.45, 2.75) is 13.5 Å². The monoisotopic (exact) mass is 288 g/mol. The second-order valence-corrected chi connectivity index (χ2v) is 4.57. The van der Waals surface area contributed by atoms with E-state index in [0.29, 0.717) is 18.8 Å². The minimum absolute atomic E-state index is 0.115. The van der Waals surface area contributed by atoms with Crippen LogP contribution in [-0.4, -0.2) is 33.1 Å². The van der Waals surface area contributed by atoms with E-state index in [1.807, 2.05) is 0 Å². The molecular formula is C14H16N4O3. The molecule has 0 aliphatic carbocycles. The van der Waals surface area contributed by atoms with Crippen LogP contribution in [0.1, 0.15) is 26.4 Å². The largest absolute Gasteiger partial charge is 0.478 e. The first kappa shape index (κ1) is 14.7. The summed E-state index contributed by atoms with van der Waals surface area (Å²) in [6, 6.07) is 4.56. The van der Waals surface area contributed by atoms with E-state index in [1.54, 1.807) is 23.8 Å². The van der Waals surface area contributed by atoms with Crippen molar-refractivity contribution in [1.29, 1.82) is 0 Å². The normalized spacial score (nSPS) is 10.4. The molecule has 0 bridgehead atoms. The maximum Gasteiger partial charge on any atom is 0.335 e. The van der Waals surface area contributed by atoms with Gasteiger partial charge in [-0.25, -0.2) is 9.78 Å². The number of rotatable bonds is 5. The molecule has 0 unspecified atom stereocenters. The summed E-state index contributed by atoms with van der Waals surface area (Å²) < 4.78 is 1.72. The molecule has 1 aromatic carbocycles. The number of carboxylic acids is 1. The molecular weight excluding hydrogens is 272 g/mol. The molecule has 7 nitrogen and oxygen atoms in total. The van der Waals surface area contributed by atoms with Crippen LogP contribution < -0.4 is 11.1 Å². The molecule has 0 spiro atoms. The van der Waals surface area contributed by atoms with Crippen LogP contribution in [0.25, 0.3) is 0 Å². The number of imidazole rings is 1. The van der Waals surface area contributed by atoms with Gasteiger partial charge in [0, 0.05) is 25.0 Å². The van der Waals surface area contributed by atoms with Gasteiger partial charge in [-0.3, -0.25) is 4.79 Å². The Morgan fingerprint density at radius 1 is 1.43 bits per heavy atom. The second kappa shape index (κ2) is 6.19. The van der Waals surface area contributed by atoms with Crippen molar-refractivity contribution in [3.63, 3.8) is 0 Å². The Kier molecular flexibility index (Phi) is 4.34. The topological polar surface area (TPSA) is 110 Å². The number of nitrogens with zero attached hydrogens (tertiary/aromatic N) is 2. The average molecular weight is 288 g/mol. The van der Waals surface area contributed by atoms with Crippen molar-refractivity contribution in [2.75, 3.05) is 11.9 Å². The van der Waals surface area contributed by atoms with Gasteiger partial charge < -0.3 is 20.7 Å². The fraction of sp³-hybridized carbons (Fsp3) is 0.214. The zero-order valence-corrected chi connectivity index (χ0v) is 11.5. The number of benzene rings is 1. The number of nitrogens with two attached hydrogens (primary N) is 1. The number of aromatic carboxylic acids is 1. The number of anilines is 1. The molecule has 1 aromatic heterocycles. The van der Waals surface area contributed by atoms with Gasteiger partial charge in [0.25, 0.3) is 5.91 Å². The SMILES string of the molecule is Cc1ccc(C(=O)O)cc1NC(=O)c1cn(CCN)cn1. The predicted octanol–water partition coefficient (Wildman–Crippen LogP) is 1.10. The molecule has 1 heterocycles. The third-order valence-corrected chi connectivity index (χ3v) is 2.99. The molecule has 0 saturated heterocycles. The summed E-state index contributed by atoms with van der Waals surface area (Å²) in [5.41, 5.74) is 7.02. The fourth-order valence-electron chi connectivity index (χ4n) is 1.82. The van der Waals surface area contributed by atoms with Crippen LogP contribution in [0.4, 0.5) is 5.69 Å². The van der Waals surface area contributed by atoms with Gasteiger partial charge in [0.05, 0.1) is 11.9 Å². The number of carbonyl (C=O) groups is 2. The average Bonchev–Trinajstić information content (AvgIpc) is 2.90. The highest BCUT2D eigenvalue weighted by atomic mass is 16.4. The lowest BCUT2D eigenvalue weighted by Gasteiger charge is -2.08. The molecule has 0 aliphatic heterocycles. The molecule has 110 valence electrons. The van der Waals surface area contributed by atoms with E-state index < -0.39 is 11.9 Å². The summed E-state index contributed by atoms with van der Waals surface area (Å²) in [5, 5.41) is 11.6. The fourth-order valence-corrected chi connectivity index (χ4v) is 1.82. The number of carboxylic acid groups (broad SMARTS) is 1. The number of nitrogens with one attached hydrogen (secondary N) is 1. The van der Waals surface area contributed by atoms with E-state index in [0.717, 1.165) is 5.56 Å². The van der Waals surface area contributed by atoms with Crippen LogP contribution in [0.3, 0.4) is 0 Å². The van der Waals surface area contributed by atoms with Crippen LogP contribution >= 0.6 is 0 Å². The van der Waals surface area contributed by atoms with Gasteiger partial charge in [-0.1, -0.05) is 6.07 Å². The first-order valence-corrected chi connectivity index (χ1v) is 6.38. The standard InChI is InChI=1S/C14H16N4O3/c1-9-2-3-10(14(20)21)6-11(9)17-13(19)12-7-18(5-4-15)8-16-12/h2-3,6-8H,4-5,15H2,1H3,(H,17,19)(H,20,21). The zero-order valence-electron chi connectivity index (χ0n) is 11.5. The van der Waals surface area contributed by atoms with Crippen LogP contribution in [0.2, 0.25) is 0 Å². The number of hydrogen-bond acceptors (Lipinski definition) is 4. The van der Waals surface area contributed by atoms with Crippen LogP contribution in [-0.2, 0) is 6.54 Å². The lowest BCUT2D eigenvalue weighted by atomic mass is 10.1. The number of amides is 1. The van der Waals surface area contributed by atoms with Crippen molar-refractivity contribution in [1.82, 2.24) is 9.55 Å². The molecule has 2 rings (SSSR count). The van der Waals surface area contributed by atoms with Crippen molar-refractivity contribution >= 4 is 17.6 Å². The molecule has 7 heteroatoms. The Bertz CT molecular complexity index is 679. The third-order valence-electron chi connectivity index (χ3n) is 2.99. The minimum Gasteiger partial charge on any atom is -0.478 e. The number of carbonyl (C=O) groups excluding carboxylic acids is 1. The van der Waals surface area contributed by atoms with Gasteiger partial charge in [0.15, 0.2) is 0 Å². The molecule has 0 aliphatic rings. The number of aryl methyl sites for hydroxylation is 1. The van der Waals surface area contributed by atoms with Gasteiger partial charge in [-0.2, -0.15) is 0 Å². The Balaban J connectivity index is 2.18. The maximum atomic E-state index is 12.1. The molecule has 0 atom stereocenters. The molecule has 4 N–H and O–H groups in total. The maximum absolute atomic E-state index is 12.1. The van der Waals surface area contributed by atoms with Crippen LogP contribution in [0.5, 0.6) is 0 Å². The van der Waals surface area contributed by atoms with Gasteiger partial charge in [0.1, 0.15) is 5.69 Å². The molecule has 0 saturated carbocycles. The summed E-state index contributed by atoms with van der Waals surface area (Å²) in [6.07, 6.45) is 3.13. The summed E-state index contributed by atoms with van der Waals surface area (Å²) in [4.78, 5) is 27.1. The lowest BCUT2D eigenvalue weighted by molar-refractivity contribution is 0.0696. The molecule has 2 aromatic rings. The highest BCUT2D eigenvalue weighted by Crippen LogP contribution is 2.17. The van der Waals surface area contributed by atoms with E-state index in [2.05, 4.69) is 10.3 Å². The quantitative estimate of drug-likeness (QED) is 0.763. The molecule has 1 amide bonds. The first-order valence-electron chi connectivity index (χ1n) is 6.38. The third kappa shape index (κ3) is 3.46. The summed E-state index contributed by atoms with van der Waals surface area (Å²) in [7, 11) is 0. The first-order chi connectivity index (χ1) is 10.0. The Morgan fingerprint density at radius 3 is 2.86 bits per heavy atom. The van der Waals surface area contributed by atoms with E-state index in [9.17, 15) is 9.59 Å². The summed E-state index contributed by atoms with van der Waals surface area (Å²) >= 11 is 0. The van der Waals surface area contributed by atoms with Gasteiger partial charge in [-0.05, 0) is 24.6 Å². The summed E-state index contributed by atoms with van der Waals surface area (Å²) in [5.74, 6) is -1.44. The van der Waals surface area contributed by atoms with E-state index in [1.165, 1.54) is 18.5 Å². The Morgan fingerprint density at radius 2 is 2.19 bits per heavy atom. The molecule has 21 heavy (non-hydrogen) atoms. The van der Waals surface area contributed by atoms with Crippen molar-refractivity contribution in [3.05, 3.63) is 47.5 Å². The van der Waals surface area contributed by atoms with Crippen molar-refractivity contribution in [2.24, 2.45) is 5.73 Å². The summed E-state index contributed by atoms with van der Waals surface area (Å²) in [6.45, 7) is 2.82. The van der Waals surface area contributed by atoms with Gasteiger partial charge in [-0.15, -0.1) is 0 Å². The van der Waals surface area contributed by atoms with E-state index in [4.69, 9.17) is 10.8 Å². The predicted molar refractivity (Wildman–Crippen MR) is 77.4 cm³/mol. The smallest absolute Gasteiger partial charge is 0.335 e.